The second-order valence-electron chi connectivity index (χ2n) is 4.46. The summed E-state index contributed by atoms with van der Waals surface area (Å²) >= 11 is 0. The number of nitrogens with two attached hydrogens (primary N) is 1. The third-order valence-electron chi connectivity index (χ3n) is 3.35. The summed E-state index contributed by atoms with van der Waals surface area (Å²) in [5, 5.41) is 10.5. The lowest BCUT2D eigenvalue weighted by Gasteiger charge is -2.26. The maximum Gasteiger partial charge on any atom is 0.269 e. The van der Waals surface area contributed by atoms with Gasteiger partial charge in [-0.2, -0.15) is 0 Å². The predicted octanol–water partition coefficient (Wildman–Crippen LogP) is 3.00. The largest absolute Gasteiger partial charge is 0.328 e. The topological polar surface area (TPSA) is 69.2 Å². The van der Waals surface area contributed by atoms with Crippen LogP contribution in [0.15, 0.2) is 24.3 Å². The van der Waals surface area contributed by atoms with Crippen LogP contribution in [-0.4, -0.2) is 11.0 Å². The van der Waals surface area contributed by atoms with Gasteiger partial charge in [0, 0.05) is 18.2 Å². The van der Waals surface area contributed by atoms with Crippen LogP contribution in [-0.2, 0) is 0 Å². The highest BCUT2D eigenvalue weighted by Crippen LogP contribution is 2.32. The lowest BCUT2D eigenvalue weighted by Crippen LogP contribution is -2.25. The van der Waals surface area contributed by atoms with E-state index in [1.165, 1.54) is 5.56 Å². The normalized spacial score (nSPS) is 23.8. The smallest absolute Gasteiger partial charge is 0.269 e. The number of nitrogens with zero attached hydrogens (tertiary/aromatic N) is 1. The molecule has 0 saturated heterocycles. The SMILES string of the molecule is Cl.N[C@H]1CC[C@H](c2ccc([N+](=O)[O-])cc2)CC1. The molecule has 0 heterocycles. The fourth-order valence-electron chi connectivity index (χ4n) is 2.32. The van der Waals surface area contributed by atoms with E-state index in [1.54, 1.807) is 12.1 Å². The standard InChI is InChI=1S/C12H16N2O2.ClH/c13-11-5-1-9(2-6-11)10-3-7-12(8-4-10)14(15)16;/h3-4,7-9,11H,1-2,5-6,13H2;1H/t9-,11-;. The molecule has 17 heavy (non-hydrogen) atoms. The van der Waals surface area contributed by atoms with Crippen LogP contribution in [0.5, 0.6) is 0 Å². The molecule has 2 N–H and O–H groups in total. The highest BCUT2D eigenvalue weighted by atomic mass is 35.5. The minimum atomic E-state index is -0.361. The highest BCUT2D eigenvalue weighted by molar-refractivity contribution is 5.85. The van der Waals surface area contributed by atoms with Gasteiger partial charge < -0.3 is 5.73 Å². The average Bonchev–Trinajstić information content (AvgIpc) is 2.30. The number of nitro benzene ring substituents is 1. The van der Waals surface area contributed by atoms with Gasteiger partial charge in [0.05, 0.1) is 4.92 Å². The first-order valence-electron chi connectivity index (χ1n) is 5.67. The summed E-state index contributed by atoms with van der Waals surface area (Å²) in [4.78, 5) is 10.2. The third kappa shape index (κ3) is 3.41. The molecule has 1 aromatic rings. The van der Waals surface area contributed by atoms with Crippen molar-refractivity contribution in [3.8, 4) is 0 Å². The van der Waals surface area contributed by atoms with Gasteiger partial charge in [-0.1, -0.05) is 12.1 Å². The van der Waals surface area contributed by atoms with Gasteiger partial charge in [-0.05, 0) is 37.2 Å². The van der Waals surface area contributed by atoms with Crippen molar-refractivity contribution in [2.45, 2.75) is 37.6 Å². The molecule has 1 aliphatic rings. The van der Waals surface area contributed by atoms with Crippen LogP contribution in [0.3, 0.4) is 0 Å². The van der Waals surface area contributed by atoms with Gasteiger partial charge >= 0.3 is 0 Å². The number of hydrogen-bond donors (Lipinski definition) is 1. The molecule has 1 aromatic carbocycles. The maximum absolute atomic E-state index is 10.5. The van der Waals surface area contributed by atoms with E-state index in [2.05, 4.69) is 0 Å². The molecule has 5 heteroatoms. The molecule has 0 bridgehead atoms. The van der Waals surface area contributed by atoms with Crippen molar-refractivity contribution in [1.29, 1.82) is 0 Å². The van der Waals surface area contributed by atoms with Crippen molar-refractivity contribution in [1.82, 2.24) is 0 Å². The molecule has 4 nitrogen and oxygen atoms in total. The molecule has 0 spiro atoms. The van der Waals surface area contributed by atoms with E-state index in [0.29, 0.717) is 12.0 Å². The van der Waals surface area contributed by atoms with Crippen molar-refractivity contribution < 1.29 is 4.92 Å². The van der Waals surface area contributed by atoms with E-state index in [-0.39, 0.29) is 23.0 Å². The predicted molar refractivity (Wildman–Crippen MR) is 69.5 cm³/mol. The van der Waals surface area contributed by atoms with Crippen LogP contribution in [0, 0.1) is 10.1 Å². The molecule has 0 atom stereocenters. The second-order valence-corrected chi connectivity index (χ2v) is 4.46. The Labute approximate surface area is 107 Å². The van der Waals surface area contributed by atoms with Crippen LogP contribution < -0.4 is 5.73 Å². The molecule has 0 radical (unpaired) electrons. The van der Waals surface area contributed by atoms with Gasteiger partial charge in [0.25, 0.3) is 5.69 Å². The molecular weight excluding hydrogens is 240 g/mol. The Hall–Kier alpha value is -1.13. The van der Waals surface area contributed by atoms with Crippen molar-refractivity contribution in [3.05, 3.63) is 39.9 Å². The quantitative estimate of drug-likeness (QED) is 0.653. The number of rotatable bonds is 2. The molecule has 0 aromatic heterocycles. The van der Waals surface area contributed by atoms with Gasteiger partial charge in [-0.3, -0.25) is 10.1 Å². The fraction of sp³-hybridized carbons (Fsp3) is 0.500. The minimum Gasteiger partial charge on any atom is -0.328 e. The maximum atomic E-state index is 10.5. The van der Waals surface area contributed by atoms with Gasteiger partial charge in [0.1, 0.15) is 0 Å². The minimum absolute atomic E-state index is 0. The van der Waals surface area contributed by atoms with Crippen LogP contribution in [0.1, 0.15) is 37.2 Å². The zero-order chi connectivity index (χ0) is 11.5. The van der Waals surface area contributed by atoms with Crippen LogP contribution in [0.4, 0.5) is 5.69 Å². The van der Waals surface area contributed by atoms with Gasteiger partial charge in [-0.25, -0.2) is 0 Å². The lowest BCUT2D eigenvalue weighted by atomic mass is 9.82. The van der Waals surface area contributed by atoms with Crippen LogP contribution in [0.2, 0.25) is 0 Å². The molecule has 1 fully saturated rings. The Morgan fingerprint density at radius 1 is 1.12 bits per heavy atom. The number of halogens is 1. The van der Waals surface area contributed by atoms with Crippen LogP contribution in [0.25, 0.3) is 0 Å². The molecule has 0 aliphatic heterocycles. The monoisotopic (exact) mass is 256 g/mol. The molecule has 1 aliphatic carbocycles. The Morgan fingerprint density at radius 2 is 1.65 bits per heavy atom. The van der Waals surface area contributed by atoms with E-state index in [4.69, 9.17) is 5.73 Å². The first kappa shape index (κ1) is 13.9. The van der Waals surface area contributed by atoms with Gasteiger partial charge in [0.2, 0.25) is 0 Å². The van der Waals surface area contributed by atoms with Crippen molar-refractivity contribution >= 4 is 18.1 Å². The second kappa shape index (κ2) is 5.98. The van der Waals surface area contributed by atoms with Crippen molar-refractivity contribution in [3.63, 3.8) is 0 Å². The van der Waals surface area contributed by atoms with E-state index in [0.717, 1.165) is 25.7 Å². The Balaban J connectivity index is 0.00000144. The Bertz CT molecular complexity index is 373. The summed E-state index contributed by atoms with van der Waals surface area (Å²) in [7, 11) is 0. The number of benzene rings is 1. The summed E-state index contributed by atoms with van der Waals surface area (Å²) in [6.45, 7) is 0. The zero-order valence-corrected chi connectivity index (χ0v) is 10.4. The fourth-order valence-corrected chi connectivity index (χ4v) is 2.32. The molecule has 0 amide bonds. The number of nitro groups is 1. The zero-order valence-electron chi connectivity index (χ0n) is 9.54. The van der Waals surface area contributed by atoms with E-state index in [1.807, 2.05) is 12.1 Å². The molecule has 2 rings (SSSR count). The highest BCUT2D eigenvalue weighted by Gasteiger charge is 2.20. The molecule has 1 saturated carbocycles. The van der Waals surface area contributed by atoms with Crippen molar-refractivity contribution in [2.75, 3.05) is 0 Å². The van der Waals surface area contributed by atoms with Crippen molar-refractivity contribution in [2.24, 2.45) is 5.73 Å². The average molecular weight is 257 g/mol. The van der Waals surface area contributed by atoms with Gasteiger partial charge in [-0.15, -0.1) is 12.4 Å². The Kier molecular flexibility index (Phi) is 4.90. The van der Waals surface area contributed by atoms with E-state index in [9.17, 15) is 10.1 Å². The lowest BCUT2D eigenvalue weighted by molar-refractivity contribution is -0.384. The molecule has 94 valence electrons. The molecular formula is C12H17ClN2O2. The number of non-ortho nitro benzene ring substituents is 1. The van der Waals surface area contributed by atoms with Gasteiger partial charge in [0.15, 0.2) is 0 Å². The first-order valence-corrected chi connectivity index (χ1v) is 5.67. The van der Waals surface area contributed by atoms with E-state index < -0.39 is 0 Å². The first-order chi connectivity index (χ1) is 7.66. The van der Waals surface area contributed by atoms with Crippen LogP contribution >= 0.6 is 12.4 Å². The third-order valence-corrected chi connectivity index (χ3v) is 3.35. The Morgan fingerprint density at radius 3 is 2.12 bits per heavy atom. The summed E-state index contributed by atoms with van der Waals surface area (Å²) in [5.41, 5.74) is 7.22. The number of hydrogen-bond acceptors (Lipinski definition) is 3. The summed E-state index contributed by atoms with van der Waals surface area (Å²) in [6.07, 6.45) is 4.31. The summed E-state index contributed by atoms with van der Waals surface area (Å²) in [6, 6.07) is 7.27. The summed E-state index contributed by atoms with van der Waals surface area (Å²) in [5.74, 6) is 0.528. The molecule has 0 unspecified atom stereocenters. The summed E-state index contributed by atoms with van der Waals surface area (Å²) < 4.78 is 0. The van der Waals surface area contributed by atoms with E-state index >= 15 is 0 Å².